The number of allylic oxidation sites excluding steroid dienone is 1. The zero-order valence-corrected chi connectivity index (χ0v) is 15.5. The molecule has 0 atom stereocenters. The van der Waals surface area contributed by atoms with Crippen LogP contribution in [0.25, 0.3) is 11.3 Å². The molecule has 0 radical (unpaired) electrons. The summed E-state index contributed by atoms with van der Waals surface area (Å²) in [5, 5.41) is 3.86. The van der Waals surface area contributed by atoms with Crippen molar-refractivity contribution in [1.82, 2.24) is 9.88 Å². The fraction of sp³-hybridized carbons (Fsp3) is 0.421. The Morgan fingerprint density at radius 3 is 2.72 bits per heavy atom. The Bertz CT molecular complexity index is 882. The van der Waals surface area contributed by atoms with Crippen molar-refractivity contribution in [2.75, 3.05) is 6.54 Å². The predicted molar refractivity (Wildman–Crippen MR) is 97.8 cm³/mol. The van der Waals surface area contributed by atoms with E-state index in [4.69, 9.17) is 4.52 Å². The molecule has 0 amide bonds. The zero-order valence-electron chi connectivity index (χ0n) is 14.7. The topological polar surface area (TPSA) is 72.2 Å². The summed E-state index contributed by atoms with van der Waals surface area (Å²) in [6, 6.07) is 7.09. The largest absolute Gasteiger partial charge is 0.356 e. The molecule has 1 aliphatic rings. The Labute approximate surface area is 149 Å². The highest BCUT2D eigenvalue weighted by atomic mass is 32.2. The number of nitrogens with one attached hydrogen (secondary N) is 1. The predicted octanol–water partition coefficient (Wildman–Crippen LogP) is 4.13. The number of aromatic nitrogens is 1. The zero-order chi connectivity index (χ0) is 17.9. The van der Waals surface area contributed by atoms with Crippen LogP contribution in [-0.2, 0) is 10.0 Å². The maximum absolute atomic E-state index is 12.7. The smallest absolute Gasteiger partial charge is 0.240 e. The Morgan fingerprint density at radius 1 is 1.20 bits per heavy atom. The molecule has 0 saturated carbocycles. The number of hydrogen-bond acceptors (Lipinski definition) is 4. The van der Waals surface area contributed by atoms with E-state index in [0.29, 0.717) is 23.4 Å². The van der Waals surface area contributed by atoms with Gasteiger partial charge in [0.15, 0.2) is 5.76 Å². The van der Waals surface area contributed by atoms with Crippen LogP contribution < -0.4 is 4.72 Å². The average Bonchev–Trinajstić information content (AvgIpc) is 3.02. The molecule has 1 aromatic carbocycles. The summed E-state index contributed by atoms with van der Waals surface area (Å²) in [5.74, 6) is 0.571. The molecule has 0 unspecified atom stereocenters. The van der Waals surface area contributed by atoms with Gasteiger partial charge in [-0.05, 0) is 57.6 Å². The molecular formula is C19H24N2O3S. The first-order chi connectivity index (χ1) is 12.0. The van der Waals surface area contributed by atoms with Crippen molar-refractivity contribution in [3.8, 4) is 11.3 Å². The molecule has 1 aromatic heterocycles. The molecule has 134 valence electrons. The van der Waals surface area contributed by atoms with Crippen LogP contribution in [0.4, 0.5) is 0 Å². The summed E-state index contributed by atoms with van der Waals surface area (Å²) < 4.78 is 33.4. The van der Waals surface area contributed by atoms with Crippen LogP contribution in [0.5, 0.6) is 0 Å². The number of rotatable bonds is 6. The van der Waals surface area contributed by atoms with Gasteiger partial charge < -0.3 is 4.52 Å². The van der Waals surface area contributed by atoms with Crippen LogP contribution in [0.2, 0.25) is 0 Å². The van der Waals surface area contributed by atoms with Gasteiger partial charge in [-0.25, -0.2) is 13.1 Å². The second kappa shape index (κ2) is 7.54. The first kappa shape index (κ1) is 17.9. The minimum Gasteiger partial charge on any atom is -0.356 e. The van der Waals surface area contributed by atoms with Crippen LogP contribution in [0.3, 0.4) is 0 Å². The van der Waals surface area contributed by atoms with Crippen LogP contribution in [0.1, 0.15) is 43.4 Å². The minimum absolute atomic E-state index is 0.289. The lowest BCUT2D eigenvalue weighted by atomic mass is 9.97. The Hall–Kier alpha value is -1.92. The maximum Gasteiger partial charge on any atom is 0.240 e. The van der Waals surface area contributed by atoms with Gasteiger partial charge in [-0.15, -0.1) is 0 Å². The van der Waals surface area contributed by atoms with E-state index >= 15 is 0 Å². The molecular weight excluding hydrogens is 336 g/mol. The summed E-state index contributed by atoms with van der Waals surface area (Å²) in [6.07, 6.45) is 7.66. The normalized spacial score (nSPS) is 15.2. The van der Waals surface area contributed by atoms with Crippen molar-refractivity contribution in [2.24, 2.45) is 0 Å². The summed E-state index contributed by atoms with van der Waals surface area (Å²) in [6.45, 7) is 4.06. The summed E-state index contributed by atoms with van der Waals surface area (Å²) in [5.41, 5.74) is 3.54. The summed E-state index contributed by atoms with van der Waals surface area (Å²) >= 11 is 0. The van der Waals surface area contributed by atoms with Crippen molar-refractivity contribution >= 4 is 10.0 Å². The number of nitrogens with zero attached hydrogens (tertiary/aromatic N) is 1. The van der Waals surface area contributed by atoms with Gasteiger partial charge in [0.2, 0.25) is 10.0 Å². The lowest BCUT2D eigenvalue weighted by Gasteiger charge is -2.14. The molecule has 0 saturated heterocycles. The minimum atomic E-state index is -3.55. The molecule has 3 rings (SSSR count). The summed E-state index contributed by atoms with van der Waals surface area (Å²) in [4.78, 5) is 0.289. The third kappa shape index (κ3) is 4.38. The maximum atomic E-state index is 12.7. The van der Waals surface area contributed by atoms with Crippen LogP contribution >= 0.6 is 0 Å². The second-order valence-corrected chi connectivity index (χ2v) is 8.30. The Balaban J connectivity index is 1.75. The molecule has 25 heavy (non-hydrogen) atoms. The van der Waals surface area contributed by atoms with Crippen molar-refractivity contribution in [3.05, 3.63) is 47.2 Å². The van der Waals surface area contributed by atoms with Gasteiger partial charge >= 0.3 is 0 Å². The number of hydrogen-bond donors (Lipinski definition) is 1. The Morgan fingerprint density at radius 2 is 2.04 bits per heavy atom. The van der Waals surface area contributed by atoms with Gasteiger partial charge in [0.05, 0.1) is 10.6 Å². The van der Waals surface area contributed by atoms with Crippen LogP contribution in [0, 0.1) is 13.8 Å². The molecule has 0 spiro atoms. The lowest BCUT2D eigenvalue weighted by molar-refractivity contribution is 0.427. The van der Waals surface area contributed by atoms with Crippen molar-refractivity contribution in [2.45, 2.75) is 50.8 Å². The summed E-state index contributed by atoms with van der Waals surface area (Å²) in [7, 11) is -3.55. The fourth-order valence-electron chi connectivity index (χ4n) is 3.10. The van der Waals surface area contributed by atoms with E-state index in [1.165, 1.54) is 18.4 Å². The van der Waals surface area contributed by atoms with Crippen molar-refractivity contribution in [1.29, 1.82) is 0 Å². The van der Waals surface area contributed by atoms with E-state index in [0.717, 1.165) is 25.0 Å². The monoisotopic (exact) mass is 360 g/mol. The highest BCUT2D eigenvalue weighted by Gasteiger charge is 2.18. The Kier molecular flexibility index (Phi) is 5.39. The molecule has 5 nitrogen and oxygen atoms in total. The SMILES string of the molecule is Cc1cc(-c2ccc(C)c(S(=O)(=O)NCCC3=CCCCC3)c2)on1. The van der Waals surface area contributed by atoms with Gasteiger partial charge in [-0.1, -0.05) is 28.9 Å². The highest BCUT2D eigenvalue weighted by molar-refractivity contribution is 7.89. The number of sulfonamides is 1. The average molecular weight is 360 g/mol. The van der Waals surface area contributed by atoms with Crippen molar-refractivity contribution in [3.63, 3.8) is 0 Å². The van der Waals surface area contributed by atoms with E-state index < -0.39 is 10.0 Å². The highest BCUT2D eigenvalue weighted by Crippen LogP contribution is 2.26. The van der Waals surface area contributed by atoms with Gasteiger partial charge in [0.25, 0.3) is 0 Å². The molecule has 1 N–H and O–H groups in total. The standard InChI is InChI=1S/C19H24N2O3S/c1-14-8-9-17(18-12-15(2)21-24-18)13-19(14)25(22,23)20-11-10-16-6-4-3-5-7-16/h6,8-9,12-13,20H,3-5,7,10-11H2,1-2H3. The van der Waals surface area contributed by atoms with E-state index in [9.17, 15) is 8.42 Å². The first-order valence-electron chi connectivity index (χ1n) is 8.67. The third-order valence-corrected chi connectivity index (χ3v) is 6.12. The van der Waals surface area contributed by atoms with Gasteiger partial charge in [-0.2, -0.15) is 0 Å². The van der Waals surface area contributed by atoms with Crippen LogP contribution in [0.15, 0.2) is 45.3 Å². The van der Waals surface area contributed by atoms with Crippen LogP contribution in [-0.4, -0.2) is 20.1 Å². The second-order valence-electron chi connectivity index (χ2n) is 6.57. The number of benzene rings is 1. The van der Waals surface area contributed by atoms with Gasteiger partial charge in [0, 0.05) is 18.2 Å². The molecule has 0 fully saturated rings. The third-order valence-electron chi connectivity index (χ3n) is 4.51. The molecule has 1 heterocycles. The van der Waals surface area contributed by atoms with E-state index in [-0.39, 0.29) is 4.90 Å². The molecule has 2 aromatic rings. The van der Waals surface area contributed by atoms with E-state index in [1.807, 2.05) is 13.0 Å². The molecule has 0 bridgehead atoms. The van der Waals surface area contributed by atoms with Crippen molar-refractivity contribution < 1.29 is 12.9 Å². The lowest BCUT2D eigenvalue weighted by Crippen LogP contribution is -2.26. The van der Waals surface area contributed by atoms with Gasteiger partial charge in [0.1, 0.15) is 0 Å². The fourth-order valence-corrected chi connectivity index (χ4v) is 4.40. The quantitative estimate of drug-likeness (QED) is 0.786. The van der Waals surface area contributed by atoms with E-state index in [2.05, 4.69) is 16.0 Å². The molecule has 0 aliphatic heterocycles. The van der Waals surface area contributed by atoms with E-state index in [1.54, 1.807) is 25.1 Å². The first-order valence-corrected chi connectivity index (χ1v) is 10.2. The van der Waals surface area contributed by atoms with Gasteiger partial charge in [-0.3, -0.25) is 0 Å². The molecule has 1 aliphatic carbocycles. The number of aryl methyl sites for hydroxylation is 2. The molecule has 6 heteroatoms.